The molecule has 0 aliphatic heterocycles. The first-order chi connectivity index (χ1) is 9.06. The van der Waals surface area contributed by atoms with E-state index in [2.05, 4.69) is 5.32 Å². The van der Waals surface area contributed by atoms with Gasteiger partial charge in [-0.2, -0.15) is 5.26 Å². The molecule has 2 atom stereocenters. The fraction of sp³-hybridized carbons (Fsp3) is 0.429. The molecule has 19 heavy (non-hydrogen) atoms. The zero-order valence-electron chi connectivity index (χ0n) is 11.2. The number of nitriles is 1. The Morgan fingerprint density at radius 2 is 2.26 bits per heavy atom. The van der Waals surface area contributed by atoms with Crippen LogP contribution in [0.25, 0.3) is 0 Å². The van der Waals surface area contributed by atoms with Gasteiger partial charge in [0.15, 0.2) is 0 Å². The molecule has 4 nitrogen and oxygen atoms in total. The van der Waals surface area contributed by atoms with Crippen LogP contribution in [0.1, 0.15) is 32.3 Å². The number of carbonyl (C=O) groups is 1. The molecule has 5 heteroatoms. The third kappa shape index (κ3) is 5.23. The zero-order chi connectivity index (χ0) is 14.3. The molecule has 0 bridgehead atoms. The zero-order valence-corrected chi connectivity index (χ0v) is 12.0. The highest BCUT2D eigenvalue weighted by Crippen LogP contribution is 2.10. The van der Waals surface area contributed by atoms with E-state index in [1.165, 1.54) is 0 Å². The van der Waals surface area contributed by atoms with Crippen molar-refractivity contribution in [3.05, 3.63) is 29.8 Å². The summed E-state index contributed by atoms with van der Waals surface area (Å²) in [5, 5.41) is 11.6. The van der Waals surface area contributed by atoms with Crippen LogP contribution < -0.4 is 5.32 Å². The topological polar surface area (TPSA) is 70.0 Å². The van der Waals surface area contributed by atoms with Gasteiger partial charge in [-0.05, 0) is 24.6 Å². The normalized spacial score (nSPS) is 13.3. The van der Waals surface area contributed by atoms with E-state index in [9.17, 15) is 9.00 Å². The van der Waals surface area contributed by atoms with Gasteiger partial charge in [0.2, 0.25) is 5.91 Å². The summed E-state index contributed by atoms with van der Waals surface area (Å²) in [5.74, 6) is 0.199. The Labute approximate surface area is 116 Å². The number of nitrogens with zero attached hydrogens (tertiary/aromatic N) is 1. The van der Waals surface area contributed by atoms with E-state index in [0.29, 0.717) is 17.0 Å². The van der Waals surface area contributed by atoms with Crippen LogP contribution in [0.15, 0.2) is 24.3 Å². The summed E-state index contributed by atoms with van der Waals surface area (Å²) in [6.07, 6.45) is 1.08. The summed E-state index contributed by atoms with van der Waals surface area (Å²) in [5.41, 5.74) is 1.10. The predicted octanol–water partition coefficient (Wildman–Crippen LogP) is 2.43. The fourth-order valence-electron chi connectivity index (χ4n) is 1.47. The molecule has 0 saturated heterocycles. The molecular formula is C14H18N2O2S. The van der Waals surface area contributed by atoms with Crippen molar-refractivity contribution in [1.82, 2.24) is 0 Å². The van der Waals surface area contributed by atoms with E-state index in [1.54, 1.807) is 24.3 Å². The van der Waals surface area contributed by atoms with E-state index in [0.717, 1.165) is 6.42 Å². The highest BCUT2D eigenvalue weighted by Gasteiger charge is 2.11. The van der Waals surface area contributed by atoms with E-state index in [-0.39, 0.29) is 17.6 Å². The second kappa shape index (κ2) is 7.70. The first-order valence-corrected chi connectivity index (χ1v) is 7.62. The summed E-state index contributed by atoms with van der Waals surface area (Å²) in [4.78, 5) is 11.7. The Morgan fingerprint density at radius 1 is 1.53 bits per heavy atom. The van der Waals surface area contributed by atoms with Crippen molar-refractivity contribution >= 4 is 22.4 Å². The highest BCUT2D eigenvalue weighted by molar-refractivity contribution is 7.85. The van der Waals surface area contributed by atoms with Crippen LogP contribution in [0.5, 0.6) is 0 Å². The minimum absolute atomic E-state index is 0.120. The summed E-state index contributed by atoms with van der Waals surface area (Å²) < 4.78 is 11.7. The van der Waals surface area contributed by atoms with Crippen molar-refractivity contribution < 1.29 is 9.00 Å². The van der Waals surface area contributed by atoms with Gasteiger partial charge in [-0.25, -0.2) is 0 Å². The molecular weight excluding hydrogens is 260 g/mol. The van der Waals surface area contributed by atoms with Gasteiger partial charge in [0.05, 0.1) is 11.6 Å². The second-order valence-corrected chi connectivity index (χ2v) is 6.27. The number of nitrogens with one attached hydrogen (secondary N) is 1. The van der Waals surface area contributed by atoms with Crippen molar-refractivity contribution in [3.63, 3.8) is 0 Å². The first-order valence-electron chi connectivity index (χ1n) is 6.24. The van der Waals surface area contributed by atoms with Gasteiger partial charge in [-0.15, -0.1) is 0 Å². The number of carbonyl (C=O) groups excluding carboxylic acids is 1. The molecule has 2 unspecified atom stereocenters. The molecule has 0 heterocycles. The Hall–Kier alpha value is -1.67. The number of anilines is 1. The molecule has 102 valence electrons. The quantitative estimate of drug-likeness (QED) is 0.868. The second-order valence-electron chi connectivity index (χ2n) is 4.29. The van der Waals surface area contributed by atoms with Crippen molar-refractivity contribution in [2.75, 3.05) is 11.1 Å². The third-order valence-corrected chi connectivity index (χ3v) is 4.67. The Kier molecular flexibility index (Phi) is 6.23. The molecule has 1 aromatic rings. The molecule has 0 aromatic heterocycles. The molecule has 0 radical (unpaired) electrons. The fourth-order valence-corrected chi connectivity index (χ4v) is 2.63. The smallest absolute Gasteiger partial charge is 0.225 e. The molecule has 0 aliphatic carbocycles. The van der Waals surface area contributed by atoms with Gasteiger partial charge >= 0.3 is 0 Å². The lowest BCUT2D eigenvalue weighted by Gasteiger charge is -2.09. The molecule has 1 rings (SSSR count). The van der Waals surface area contributed by atoms with Gasteiger partial charge in [-0.3, -0.25) is 9.00 Å². The lowest BCUT2D eigenvalue weighted by molar-refractivity contribution is -0.115. The standard InChI is InChI=1S/C14H18N2O2S/c1-3-11(2)19(18)8-7-14(17)16-13-6-4-5-12(9-13)10-15/h4-6,9,11H,3,7-8H2,1-2H3,(H,16,17). The number of rotatable bonds is 6. The van der Waals surface area contributed by atoms with Crippen molar-refractivity contribution in [2.24, 2.45) is 0 Å². The minimum atomic E-state index is -0.963. The molecule has 0 fully saturated rings. The Bertz CT molecular complexity index is 508. The molecule has 0 aliphatic rings. The summed E-state index contributed by atoms with van der Waals surface area (Å²) >= 11 is 0. The minimum Gasteiger partial charge on any atom is -0.326 e. The van der Waals surface area contributed by atoms with E-state index >= 15 is 0 Å². The Morgan fingerprint density at radius 3 is 2.89 bits per heavy atom. The molecule has 1 aromatic carbocycles. The molecule has 0 spiro atoms. The number of hydrogen-bond acceptors (Lipinski definition) is 3. The van der Waals surface area contributed by atoms with Crippen LogP contribution in [0, 0.1) is 11.3 Å². The number of benzene rings is 1. The van der Waals surface area contributed by atoms with Gasteiger partial charge in [-0.1, -0.05) is 19.9 Å². The molecule has 1 amide bonds. The van der Waals surface area contributed by atoms with Crippen LogP contribution in [0.4, 0.5) is 5.69 Å². The molecule has 1 N–H and O–H groups in total. The van der Waals surface area contributed by atoms with Crippen LogP contribution in [0.3, 0.4) is 0 Å². The van der Waals surface area contributed by atoms with Crippen LogP contribution >= 0.6 is 0 Å². The van der Waals surface area contributed by atoms with E-state index < -0.39 is 10.8 Å². The van der Waals surface area contributed by atoms with Gasteiger partial charge in [0.1, 0.15) is 0 Å². The van der Waals surface area contributed by atoms with Gasteiger partial charge in [0.25, 0.3) is 0 Å². The lowest BCUT2D eigenvalue weighted by atomic mass is 10.2. The monoisotopic (exact) mass is 278 g/mol. The van der Waals surface area contributed by atoms with Crippen molar-refractivity contribution in [2.45, 2.75) is 31.9 Å². The average Bonchev–Trinajstić information content (AvgIpc) is 2.44. The SMILES string of the molecule is CCC(C)S(=O)CCC(=O)Nc1cccc(C#N)c1. The maximum atomic E-state index is 11.7. The average molecular weight is 278 g/mol. The largest absolute Gasteiger partial charge is 0.326 e. The summed E-state index contributed by atoms with van der Waals surface area (Å²) in [6, 6.07) is 8.74. The third-order valence-electron chi connectivity index (χ3n) is 2.83. The maximum absolute atomic E-state index is 11.7. The van der Waals surface area contributed by atoms with Crippen molar-refractivity contribution in [3.8, 4) is 6.07 Å². The Balaban J connectivity index is 2.47. The highest BCUT2D eigenvalue weighted by atomic mass is 32.2. The lowest BCUT2D eigenvalue weighted by Crippen LogP contribution is -2.19. The van der Waals surface area contributed by atoms with Crippen LogP contribution in [0.2, 0.25) is 0 Å². The van der Waals surface area contributed by atoms with E-state index in [1.807, 2.05) is 19.9 Å². The number of amides is 1. The summed E-state index contributed by atoms with van der Waals surface area (Å²) in [7, 11) is -0.963. The van der Waals surface area contributed by atoms with Crippen LogP contribution in [-0.2, 0) is 15.6 Å². The molecule has 0 saturated carbocycles. The van der Waals surface area contributed by atoms with Crippen molar-refractivity contribution in [1.29, 1.82) is 5.26 Å². The first kappa shape index (κ1) is 15.4. The van der Waals surface area contributed by atoms with Gasteiger partial charge in [0, 0.05) is 33.9 Å². The predicted molar refractivity (Wildman–Crippen MR) is 77.2 cm³/mol. The van der Waals surface area contributed by atoms with Gasteiger partial charge < -0.3 is 5.32 Å². The number of hydrogen-bond donors (Lipinski definition) is 1. The van der Waals surface area contributed by atoms with Crippen LogP contribution in [-0.4, -0.2) is 21.1 Å². The maximum Gasteiger partial charge on any atom is 0.225 e. The van der Waals surface area contributed by atoms with E-state index in [4.69, 9.17) is 5.26 Å². The summed E-state index contributed by atoms with van der Waals surface area (Å²) in [6.45, 7) is 3.90.